The Hall–Kier alpha value is -2.99. The van der Waals surface area contributed by atoms with Crippen LogP contribution in [0.1, 0.15) is 39.9 Å². The molecular weight excluding hydrogens is 366 g/mol. The van der Waals surface area contributed by atoms with E-state index in [1.165, 1.54) is 0 Å². The van der Waals surface area contributed by atoms with Crippen molar-refractivity contribution in [3.05, 3.63) is 75.3 Å². The lowest BCUT2D eigenvalue weighted by molar-refractivity contribution is 0.0506. The van der Waals surface area contributed by atoms with Gasteiger partial charge >= 0.3 is 0 Å². The summed E-state index contributed by atoms with van der Waals surface area (Å²) in [4.78, 5) is 34.6. The number of benzene rings is 1. The molecule has 150 valence electrons. The SMILES string of the molecule is Cc1ccc2cc(CN(CC3CCCO3)C(=O)c3ccncc3)c(=O)[nH]c2c1C. The van der Waals surface area contributed by atoms with E-state index in [-0.39, 0.29) is 24.1 Å². The van der Waals surface area contributed by atoms with Crippen molar-refractivity contribution in [2.24, 2.45) is 0 Å². The zero-order chi connectivity index (χ0) is 20.4. The molecule has 0 spiro atoms. The molecule has 0 bridgehead atoms. The molecule has 1 saturated heterocycles. The van der Waals surface area contributed by atoms with E-state index in [1.807, 2.05) is 32.0 Å². The van der Waals surface area contributed by atoms with Crippen LogP contribution in [0.4, 0.5) is 0 Å². The van der Waals surface area contributed by atoms with Crippen molar-refractivity contribution in [3.8, 4) is 0 Å². The maximum atomic E-state index is 13.1. The number of nitrogens with zero attached hydrogens (tertiary/aromatic N) is 2. The Bertz CT molecular complexity index is 1090. The van der Waals surface area contributed by atoms with E-state index in [9.17, 15) is 9.59 Å². The van der Waals surface area contributed by atoms with Crippen molar-refractivity contribution in [1.29, 1.82) is 0 Å². The first kappa shape index (κ1) is 19.3. The van der Waals surface area contributed by atoms with Gasteiger partial charge in [0, 0.05) is 36.7 Å². The molecule has 3 aromatic rings. The third kappa shape index (κ3) is 4.07. The number of hydrogen-bond donors (Lipinski definition) is 1. The number of pyridine rings is 2. The summed E-state index contributed by atoms with van der Waals surface area (Å²) in [6.45, 7) is 5.45. The summed E-state index contributed by atoms with van der Waals surface area (Å²) < 4.78 is 5.74. The maximum Gasteiger partial charge on any atom is 0.254 e. The minimum absolute atomic E-state index is 0.00483. The Morgan fingerprint density at radius 2 is 2.03 bits per heavy atom. The van der Waals surface area contributed by atoms with E-state index in [0.717, 1.165) is 41.5 Å². The molecule has 0 aliphatic carbocycles. The number of carbonyl (C=O) groups excluding carboxylic acids is 1. The molecule has 29 heavy (non-hydrogen) atoms. The fourth-order valence-corrected chi connectivity index (χ4v) is 3.82. The Morgan fingerprint density at radius 1 is 1.24 bits per heavy atom. The average molecular weight is 391 g/mol. The number of rotatable bonds is 5. The number of nitrogens with one attached hydrogen (secondary N) is 1. The van der Waals surface area contributed by atoms with E-state index >= 15 is 0 Å². The van der Waals surface area contributed by atoms with Gasteiger partial charge in [-0.15, -0.1) is 0 Å². The first-order valence-electron chi connectivity index (χ1n) is 9.96. The van der Waals surface area contributed by atoms with Crippen molar-refractivity contribution < 1.29 is 9.53 Å². The molecule has 1 aliphatic heterocycles. The van der Waals surface area contributed by atoms with Crippen LogP contribution in [-0.4, -0.2) is 40.0 Å². The highest BCUT2D eigenvalue weighted by molar-refractivity contribution is 5.94. The zero-order valence-electron chi connectivity index (χ0n) is 16.8. The van der Waals surface area contributed by atoms with Crippen molar-refractivity contribution in [2.45, 2.75) is 39.3 Å². The standard InChI is InChI=1S/C23H25N3O3/c1-15-5-6-18-12-19(22(27)25-21(18)16(15)2)13-26(14-20-4-3-11-29-20)23(28)17-7-9-24-10-8-17/h5-10,12,20H,3-4,11,13-14H2,1-2H3,(H,25,27). The number of aromatic nitrogens is 2. The summed E-state index contributed by atoms with van der Waals surface area (Å²) in [5, 5.41) is 0.969. The zero-order valence-corrected chi connectivity index (χ0v) is 16.8. The topological polar surface area (TPSA) is 75.3 Å². The maximum absolute atomic E-state index is 13.1. The van der Waals surface area contributed by atoms with Gasteiger partial charge in [-0.25, -0.2) is 0 Å². The van der Waals surface area contributed by atoms with Crippen molar-refractivity contribution in [2.75, 3.05) is 13.2 Å². The van der Waals surface area contributed by atoms with E-state index in [2.05, 4.69) is 9.97 Å². The van der Waals surface area contributed by atoms with Gasteiger partial charge in [0.05, 0.1) is 18.2 Å². The molecule has 0 radical (unpaired) electrons. The quantitative estimate of drug-likeness (QED) is 0.724. The lowest BCUT2D eigenvalue weighted by Gasteiger charge is -2.25. The molecule has 1 atom stereocenters. The van der Waals surface area contributed by atoms with Gasteiger partial charge in [0.15, 0.2) is 0 Å². The highest BCUT2D eigenvalue weighted by Gasteiger charge is 2.24. The Balaban J connectivity index is 1.68. The third-order valence-electron chi connectivity index (χ3n) is 5.65. The van der Waals surface area contributed by atoms with Crippen LogP contribution in [0, 0.1) is 13.8 Å². The summed E-state index contributed by atoms with van der Waals surface area (Å²) in [5.41, 5.74) is 4.02. The van der Waals surface area contributed by atoms with E-state index in [4.69, 9.17) is 4.74 Å². The highest BCUT2D eigenvalue weighted by atomic mass is 16.5. The van der Waals surface area contributed by atoms with Gasteiger partial charge in [0.2, 0.25) is 0 Å². The van der Waals surface area contributed by atoms with Crippen LogP contribution < -0.4 is 5.56 Å². The predicted molar refractivity (Wildman–Crippen MR) is 112 cm³/mol. The van der Waals surface area contributed by atoms with Crippen LogP contribution in [0.15, 0.2) is 47.5 Å². The van der Waals surface area contributed by atoms with Crippen LogP contribution in [0.5, 0.6) is 0 Å². The Kier molecular flexibility index (Phi) is 5.45. The predicted octanol–water partition coefficient (Wildman–Crippen LogP) is 3.36. The second-order valence-corrected chi connectivity index (χ2v) is 7.65. The first-order valence-corrected chi connectivity index (χ1v) is 9.96. The fourth-order valence-electron chi connectivity index (χ4n) is 3.82. The number of aromatic amines is 1. The highest BCUT2D eigenvalue weighted by Crippen LogP contribution is 2.21. The number of fused-ring (bicyclic) bond motifs is 1. The molecule has 1 N–H and O–H groups in total. The average Bonchev–Trinajstić information content (AvgIpc) is 3.25. The number of hydrogen-bond acceptors (Lipinski definition) is 4. The summed E-state index contributed by atoms with van der Waals surface area (Å²) in [5.74, 6) is -0.123. The molecule has 0 saturated carbocycles. The van der Waals surface area contributed by atoms with Crippen LogP contribution in [-0.2, 0) is 11.3 Å². The molecule has 6 nitrogen and oxygen atoms in total. The van der Waals surface area contributed by atoms with Crippen molar-refractivity contribution in [1.82, 2.24) is 14.9 Å². The molecule has 1 unspecified atom stereocenters. The number of H-pyrrole nitrogens is 1. The van der Waals surface area contributed by atoms with Gasteiger partial charge in [0.1, 0.15) is 0 Å². The summed E-state index contributed by atoms with van der Waals surface area (Å²) in [7, 11) is 0. The molecule has 1 amide bonds. The smallest absolute Gasteiger partial charge is 0.254 e. The first-order chi connectivity index (χ1) is 14.0. The third-order valence-corrected chi connectivity index (χ3v) is 5.65. The minimum atomic E-state index is -0.161. The Labute approximate surface area is 169 Å². The molecule has 6 heteroatoms. The lowest BCUT2D eigenvalue weighted by atomic mass is 10.0. The molecule has 1 aromatic carbocycles. The van der Waals surface area contributed by atoms with Gasteiger partial charge in [0.25, 0.3) is 11.5 Å². The number of carbonyl (C=O) groups is 1. The summed E-state index contributed by atoms with van der Waals surface area (Å²) in [6.07, 6.45) is 5.13. The number of amides is 1. The van der Waals surface area contributed by atoms with Gasteiger partial charge < -0.3 is 14.6 Å². The molecule has 4 rings (SSSR count). The Morgan fingerprint density at radius 3 is 2.76 bits per heavy atom. The van der Waals surface area contributed by atoms with Crippen molar-refractivity contribution in [3.63, 3.8) is 0 Å². The molecule has 1 aliphatic rings. The number of aryl methyl sites for hydroxylation is 2. The molecular formula is C23H25N3O3. The molecule has 1 fully saturated rings. The largest absolute Gasteiger partial charge is 0.376 e. The monoisotopic (exact) mass is 391 g/mol. The molecule has 3 heterocycles. The van der Waals surface area contributed by atoms with E-state index in [0.29, 0.717) is 17.7 Å². The van der Waals surface area contributed by atoms with Gasteiger partial charge in [-0.2, -0.15) is 0 Å². The summed E-state index contributed by atoms with van der Waals surface area (Å²) in [6, 6.07) is 9.34. The van der Waals surface area contributed by atoms with Gasteiger partial charge in [-0.1, -0.05) is 12.1 Å². The summed E-state index contributed by atoms with van der Waals surface area (Å²) >= 11 is 0. The second kappa shape index (κ2) is 8.17. The molecule has 2 aromatic heterocycles. The van der Waals surface area contributed by atoms with Crippen molar-refractivity contribution >= 4 is 16.8 Å². The fraction of sp³-hybridized carbons (Fsp3) is 0.348. The van der Waals surface area contributed by atoms with E-state index < -0.39 is 0 Å². The van der Waals surface area contributed by atoms with Gasteiger partial charge in [-0.05, 0) is 61.4 Å². The van der Waals surface area contributed by atoms with E-state index in [1.54, 1.807) is 29.4 Å². The minimum Gasteiger partial charge on any atom is -0.376 e. The van der Waals surface area contributed by atoms with Crippen LogP contribution in [0.2, 0.25) is 0 Å². The lowest BCUT2D eigenvalue weighted by Crippen LogP contribution is -2.38. The second-order valence-electron chi connectivity index (χ2n) is 7.65. The van der Waals surface area contributed by atoms with Crippen LogP contribution in [0.3, 0.4) is 0 Å². The normalized spacial score (nSPS) is 16.3. The van der Waals surface area contributed by atoms with Gasteiger partial charge in [-0.3, -0.25) is 14.6 Å². The van der Waals surface area contributed by atoms with Crippen LogP contribution >= 0.6 is 0 Å². The number of ether oxygens (including phenoxy) is 1. The van der Waals surface area contributed by atoms with Crippen LogP contribution in [0.25, 0.3) is 10.9 Å².